The molecular formula is C16H28N2O3. The Morgan fingerprint density at radius 2 is 1.86 bits per heavy atom. The number of nitrogens with zero attached hydrogens (tertiary/aromatic N) is 2. The third kappa shape index (κ3) is 3.16. The van der Waals surface area contributed by atoms with Crippen LogP contribution in [0.2, 0.25) is 0 Å². The number of likely N-dealkylation sites (tertiary alicyclic amines) is 2. The summed E-state index contributed by atoms with van der Waals surface area (Å²) in [6.45, 7) is 8.23. The predicted molar refractivity (Wildman–Crippen MR) is 81.1 cm³/mol. The number of carboxylic acids is 1. The van der Waals surface area contributed by atoms with Gasteiger partial charge in [0, 0.05) is 19.6 Å². The van der Waals surface area contributed by atoms with Crippen molar-refractivity contribution in [1.29, 1.82) is 0 Å². The fourth-order valence-electron chi connectivity index (χ4n) is 3.64. The average molecular weight is 296 g/mol. The molecule has 2 aliphatic heterocycles. The van der Waals surface area contributed by atoms with E-state index in [4.69, 9.17) is 0 Å². The molecule has 21 heavy (non-hydrogen) atoms. The van der Waals surface area contributed by atoms with Crippen LogP contribution < -0.4 is 0 Å². The number of hydrogen-bond donors (Lipinski definition) is 1. The van der Waals surface area contributed by atoms with Gasteiger partial charge in [0.05, 0.1) is 0 Å². The van der Waals surface area contributed by atoms with Crippen LogP contribution in [0.1, 0.15) is 52.9 Å². The molecule has 2 atom stereocenters. The molecule has 1 N–H and O–H groups in total. The summed E-state index contributed by atoms with van der Waals surface area (Å²) in [5.74, 6) is 0.437. The van der Waals surface area contributed by atoms with Crippen molar-refractivity contribution < 1.29 is 14.7 Å². The van der Waals surface area contributed by atoms with E-state index in [1.165, 1.54) is 0 Å². The Morgan fingerprint density at radius 1 is 1.14 bits per heavy atom. The van der Waals surface area contributed by atoms with Crippen LogP contribution in [0.5, 0.6) is 0 Å². The highest BCUT2D eigenvalue weighted by Gasteiger charge is 2.47. The minimum atomic E-state index is -1.03. The molecule has 0 aromatic carbocycles. The Morgan fingerprint density at radius 3 is 2.48 bits per heavy atom. The van der Waals surface area contributed by atoms with E-state index in [9.17, 15) is 14.7 Å². The van der Waals surface area contributed by atoms with Crippen LogP contribution in [0.25, 0.3) is 0 Å². The Bertz CT molecular complexity index is 410. The number of carbonyl (C=O) groups excluding carboxylic acids is 1. The van der Waals surface area contributed by atoms with Crippen molar-refractivity contribution in [2.45, 2.75) is 58.4 Å². The third-order valence-corrected chi connectivity index (χ3v) is 5.32. The zero-order valence-electron chi connectivity index (χ0n) is 13.5. The predicted octanol–water partition coefficient (Wildman–Crippen LogP) is 2.80. The van der Waals surface area contributed by atoms with Gasteiger partial charge in [-0.2, -0.15) is 0 Å². The highest BCUT2D eigenvalue weighted by Crippen LogP contribution is 2.31. The van der Waals surface area contributed by atoms with Gasteiger partial charge in [-0.3, -0.25) is 0 Å². The Hall–Kier alpha value is -1.26. The summed E-state index contributed by atoms with van der Waals surface area (Å²) in [5.41, 5.74) is -1.03. The molecule has 2 fully saturated rings. The molecule has 5 heteroatoms. The van der Waals surface area contributed by atoms with Crippen molar-refractivity contribution in [2.24, 2.45) is 11.8 Å². The van der Waals surface area contributed by atoms with Crippen molar-refractivity contribution in [3.05, 3.63) is 0 Å². The van der Waals surface area contributed by atoms with E-state index in [0.717, 1.165) is 38.8 Å². The Labute approximate surface area is 127 Å². The van der Waals surface area contributed by atoms with Crippen LogP contribution in [-0.4, -0.2) is 52.1 Å². The maximum atomic E-state index is 12.7. The van der Waals surface area contributed by atoms with E-state index >= 15 is 0 Å². The maximum Gasteiger partial charge on any atom is 0.329 e. The molecule has 0 aromatic rings. The number of amides is 2. The average Bonchev–Trinajstić information content (AvgIpc) is 2.68. The summed E-state index contributed by atoms with van der Waals surface area (Å²) >= 11 is 0. The highest BCUT2D eigenvalue weighted by molar-refractivity contribution is 5.86. The lowest BCUT2D eigenvalue weighted by molar-refractivity contribution is -0.147. The summed E-state index contributed by atoms with van der Waals surface area (Å²) in [5, 5.41) is 9.45. The molecule has 5 nitrogen and oxygen atoms in total. The Balaban J connectivity index is 2.04. The molecule has 2 heterocycles. The first-order valence-corrected chi connectivity index (χ1v) is 8.16. The SMILES string of the molecule is CC(C)C1CCCN(C(=O)N2CCCC2(C)C(=O)O)CC1. The highest BCUT2D eigenvalue weighted by atomic mass is 16.4. The van der Waals surface area contributed by atoms with Crippen LogP contribution in [0.3, 0.4) is 0 Å². The fraction of sp³-hybridized carbons (Fsp3) is 0.875. The number of aliphatic carboxylic acids is 1. The van der Waals surface area contributed by atoms with E-state index in [-0.39, 0.29) is 6.03 Å². The summed E-state index contributed by atoms with van der Waals surface area (Å²) in [7, 11) is 0. The van der Waals surface area contributed by atoms with Gasteiger partial charge in [0.15, 0.2) is 0 Å². The number of carboxylic acid groups (broad SMARTS) is 1. The van der Waals surface area contributed by atoms with Gasteiger partial charge in [-0.25, -0.2) is 9.59 Å². The van der Waals surface area contributed by atoms with Crippen LogP contribution in [0, 0.1) is 11.8 Å². The molecule has 0 saturated carbocycles. The second kappa shape index (κ2) is 6.24. The Kier molecular flexibility index (Phi) is 4.79. The molecule has 120 valence electrons. The molecule has 0 radical (unpaired) electrons. The number of urea groups is 1. The van der Waals surface area contributed by atoms with E-state index < -0.39 is 11.5 Å². The van der Waals surface area contributed by atoms with Gasteiger partial charge in [-0.15, -0.1) is 0 Å². The normalized spacial score (nSPS) is 30.6. The molecule has 2 rings (SSSR count). The first kappa shape index (κ1) is 16.1. The first-order valence-electron chi connectivity index (χ1n) is 8.16. The zero-order chi connectivity index (χ0) is 15.6. The van der Waals surface area contributed by atoms with Crippen LogP contribution >= 0.6 is 0 Å². The van der Waals surface area contributed by atoms with Gasteiger partial charge < -0.3 is 14.9 Å². The molecule has 0 aliphatic carbocycles. The molecule has 2 aliphatic rings. The van der Waals surface area contributed by atoms with Gasteiger partial charge in [0.1, 0.15) is 5.54 Å². The van der Waals surface area contributed by atoms with E-state index in [1.807, 2.05) is 4.90 Å². The fourth-order valence-corrected chi connectivity index (χ4v) is 3.64. The lowest BCUT2D eigenvalue weighted by Gasteiger charge is -2.35. The summed E-state index contributed by atoms with van der Waals surface area (Å²) in [6, 6.07) is -0.0817. The van der Waals surface area contributed by atoms with E-state index in [1.54, 1.807) is 11.8 Å². The number of rotatable bonds is 2. The summed E-state index contributed by atoms with van der Waals surface area (Å²) < 4.78 is 0. The topological polar surface area (TPSA) is 60.9 Å². The van der Waals surface area contributed by atoms with Crippen molar-refractivity contribution >= 4 is 12.0 Å². The zero-order valence-corrected chi connectivity index (χ0v) is 13.5. The lowest BCUT2D eigenvalue weighted by Crippen LogP contribution is -2.55. The summed E-state index contributed by atoms with van der Waals surface area (Å²) in [6.07, 6.45) is 4.54. The van der Waals surface area contributed by atoms with Gasteiger partial charge in [-0.05, 0) is 50.9 Å². The van der Waals surface area contributed by atoms with Crippen molar-refractivity contribution in [2.75, 3.05) is 19.6 Å². The number of hydrogen-bond acceptors (Lipinski definition) is 2. The van der Waals surface area contributed by atoms with E-state index in [0.29, 0.717) is 24.8 Å². The standard InChI is InChI=1S/C16H28N2O3/c1-12(2)13-6-4-9-17(11-7-13)15(21)18-10-5-8-16(18,3)14(19)20/h12-13H,4-11H2,1-3H3,(H,19,20). The van der Waals surface area contributed by atoms with Crippen molar-refractivity contribution in [3.63, 3.8) is 0 Å². The smallest absolute Gasteiger partial charge is 0.329 e. The maximum absolute atomic E-state index is 12.7. The molecule has 2 unspecified atom stereocenters. The third-order valence-electron chi connectivity index (χ3n) is 5.32. The van der Waals surface area contributed by atoms with Gasteiger partial charge in [0.2, 0.25) is 0 Å². The van der Waals surface area contributed by atoms with Crippen LogP contribution in [-0.2, 0) is 4.79 Å². The van der Waals surface area contributed by atoms with Gasteiger partial charge >= 0.3 is 12.0 Å². The monoisotopic (exact) mass is 296 g/mol. The van der Waals surface area contributed by atoms with Gasteiger partial charge in [0.25, 0.3) is 0 Å². The van der Waals surface area contributed by atoms with Crippen molar-refractivity contribution in [1.82, 2.24) is 9.80 Å². The molecule has 0 aromatic heterocycles. The van der Waals surface area contributed by atoms with Crippen LogP contribution in [0.15, 0.2) is 0 Å². The lowest BCUT2D eigenvalue weighted by atomic mass is 9.89. The van der Waals surface area contributed by atoms with E-state index in [2.05, 4.69) is 13.8 Å². The summed E-state index contributed by atoms with van der Waals surface area (Å²) in [4.78, 5) is 27.7. The molecule has 0 bridgehead atoms. The second-order valence-electron chi connectivity index (χ2n) is 7.04. The molecule has 2 amide bonds. The minimum absolute atomic E-state index is 0.0817. The molecule has 0 spiro atoms. The largest absolute Gasteiger partial charge is 0.480 e. The molecular weight excluding hydrogens is 268 g/mol. The quantitative estimate of drug-likeness (QED) is 0.852. The molecule has 2 saturated heterocycles. The van der Waals surface area contributed by atoms with Crippen molar-refractivity contribution in [3.8, 4) is 0 Å². The second-order valence-corrected chi connectivity index (χ2v) is 7.04. The first-order chi connectivity index (χ1) is 9.86. The van der Waals surface area contributed by atoms with Gasteiger partial charge in [-0.1, -0.05) is 13.8 Å². The minimum Gasteiger partial charge on any atom is -0.480 e. The number of carbonyl (C=O) groups is 2. The van der Waals surface area contributed by atoms with Crippen LogP contribution in [0.4, 0.5) is 4.79 Å².